The first-order valence-corrected chi connectivity index (χ1v) is 7.97. The van der Waals surface area contributed by atoms with Crippen molar-refractivity contribution in [1.29, 1.82) is 0 Å². The second kappa shape index (κ2) is 5.99. The van der Waals surface area contributed by atoms with Gasteiger partial charge in [-0.3, -0.25) is 4.72 Å². The molecule has 0 aliphatic carbocycles. The van der Waals surface area contributed by atoms with Gasteiger partial charge in [-0.2, -0.15) is 0 Å². The van der Waals surface area contributed by atoms with Gasteiger partial charge in [-0.05, 0) is 29.8 Å². The molecular formula is C13H10Cl2FNO2S. The molecule has 0 radical (unpaired) electrons. The van der Waals surface area contributed by atoms with Crippen LogP contribution in [0.2, 0.25) is 10.0 Å². The average molecular weight is 334 g/mol. The van der Waals surface area contributed by atoms with Crippen LogP contribution in [0.25, 0.3) is 0 Å². The standard InChI is InChI=1S/C13H10Cl2FNO2S/c14-11-4-2-1-3-9(11)8-20(18,19)17-10-5-6-13(16)12(15)7-10/h1-7,17H,8H2. The van der Waals surface area contributed by atoms with Crippen molar-refractivity contribution in [2.24, 2.45) is 0 Å². The van der Waals surface area contributed by atoms with Crippen LogP contribution < -0.4 is 4.72 Å². The fourth-order valence-corrected chi connectivity index (χ4v) is 3.28. The number of halogens is 3. The summed E-state index contributed by atoms with van der Waals surface area (Å²) in [6.07, 6.45) is 0. The minimum atomic E-state index is -3.66. The third-order valence-electron chi connectivity index (χ3n) is 2.50. The third-order valence-corrected chi connectivity index (χ3v) is 4.39. The van der Waals surface area contributed by atoms with Crippen LogP contribution in [0.15, 0.2) is 42.5 Å². The van der Waals surface area contributed by atoms with Gasteiger partial charge in [-0.25, -0.2) is 12.8 Å². The van der Waals surface area contributed by atoms with Crippen molar-refractivity contribution in [2.45, 2.75) is 5.75 Å². The molecule has 0 amide bonds. The Morgan fingerprint density at radius 2 is 1.75 bits per heavy atom. The Balaban J connectivity index is 2.19. The van der Waals surface area contributed by atoms with E-state index < -0.39 is 15.8 Å². The van der Waals surface area contributed by atoms with Crippen molar-refractivity contribution in [3.63, 3.8) is 0 Å². The molecule has 0 spiro atoms. The van der Waals surface area contributed by atoms with Crippen LogP contribution in [-0.2, 0) is 15.8 Å². The first-order chi connectivity index (χ1) is 9.37. The van der Waals surface area contributed by atoms with E-state index in [0.717, 1.165) is 6.07 Å². The number of anilines is 1. The summed E-state index contributed by atoms with van der Waals surface area (Å²) >= 11 is 11.5. The Bertz CT molecular complexity index is 735. The predicted octanol–water partition coefficient (Wildman–Crippen LogP) is 4.07. The highest BCUT2D eigenvalue weighted by Crippen LogP contribution is 2.22. The third kappa shape index (κ3) is 3.85. The van der Waals surface area contributed by atoms with Crippen LogP contribution in [-0.4, -0.2) is 8.42 Å². The van der Waals surface area contributed by atoms with Crippen LogP contribution in [0.4, 0.5) is 10.1 Å². The van der Waals surface area contributed by atoms with E-state index in [9.17, 15) is 12.8 Å². The first kappa shape index (κ1) is 15.1. The molecule has 2 aromatic carbocycles. The molecule has 1 N–H and O–H groups in total. The number of rotatable bonds is 4. The lowest BCUT2D eigenvalue weighted by Crippen LogP contribution is -2.15. The smallest absolute Gasteiger partial charge is 0.236 e. The lowest BCUT2D eigenvalue weighted by molar-refractivity contribution is 0.600. The van der Waals surface area contributed by atoms with E-state index >= 15 is 0 Å². The summed E-state index contributed by atoms with van der Waals surface area (Å²) < 4.78 is 39.4. The van der Waals surface area contributed by atoms with Gasteiger partial charge in [0.2, 0.25) is 10.0 Å². The molecule has 0 heterocycles. The van der Waals surface area contributed by atoms with E-state index in [4.69, 9.17) is 23.2 Å². The summed E-state index contributed by atoms with van der Waals surface area (Å²) in [5.74, 6) is -0.887. The molecule has 106 valence electrons. The molecule has 0 aliphatic heterocycles. The second-order valence-corrected chi connectivity index (χ2v) is 6.62. The van der Waals surface area contributed by atoms with Gasteiger partial charge in [0, 0.05) is 5.02 Å². The molecule has 2 rings (SSSR count). The quantitative estimate of drug-likeness (QED) is 0.916. The minimum Gasteiger partial charge on any atom is -0.283 e. The molecule has 0 fully saturated rings. The lowest BCUT2D eigenvalue weighted by Gasteiger charge is -2.09. The molecule has 0 bridgehead atoms. The summed E-state index contributed by atoms with van der Waals surface area (Å²) in [6, 6.07) is 10.2. The van der Waals surface area contributed by atoms with Crippen molar-refractivity contribution < 1.29 is 12.8 Å². The van der Waals surface area contributed by atoms with Crippen molar-refractivity contribution in [1.82, 2.24) is 0 Å². The Labute approximate surface area is 126 Å². The van der Waals surface area contributed by atoms with Gasteiger partial charge in [0.25, 0.3) is 0 Å². The van der Waals surface area contributed by atoms with Crippen LogP contribution in [0, 0.1) is 5.82 Å². The summed E-state index contributed by atoms with van der Waals surface area (Å²) in [5, 5.41) is 0.220. The molecule has 0 aliphatic rings. The van der Waals surface area contributed by atoms with E-state index in [0.29, 0.717) is 10.6 Å². The number of nitrogens with one attached hydrogen (secondary N) is 1. The number of sulfonamides is 1. The Morgan fingerprint density at radius 3 is 2.40 bits per heavy atom. The molecule has 20 heavy (non-hydrogen) atoms. The highest BCUT2D eigenvalue weighted by atomic mass is 35.5. The summed E-state index contributed by atoms with van der Waals surface area (Å²) in [5.41, 5.74) is 0.679. The molecule has 0 atom stereocenters. The normalized spacial score (nSPS) is 11.3. The lowest BCUT2D eigenvalue weighted by atomic mass is 10.2. The molecular weight excluding hydrogens is 324 g/mol. The maximum atomic E-state index is 13.0. The Kier molecular flexibility index (Phi) is 4.52. The highest BCUT2D eigenvalue weighted by Gasteiger charge is 2.14. The number of hydrogen-bond acceptors (Lipinski definition) is 2. The molecule has 0 unspecified atom stereocenters. The Morgan fingerprint density at radius 1 is 1.05 bits per heavy atom. The van der Waals surface area contributed by atoms with Crippen molar-refractivity contribution in [3.8, 4) is 0 Å². The zero-order valence-electron chi connectivity index (χ0n) is 10.1. The topological polar surface area (TPSA) is 46.2 Å². The van der Waals surface area contributed by atoms with E-state index in [1.165, 1.54) is 12.1 Å². The van der Waals surface area contributed by atoms with Crippen LogP contribution in [0.5, 0.6) is 0 Å². The zero-order valence-corrected chi connectivity index (χ0v) is 12.4. The number of benzene rings is 2. The van der Waals surface area contributed by atoms with Crippen LogP contribution in [0.3, 0.4) is 0 Å². The fraction of sp³-hybridized carbons (Fsp3) is 0.0769. The summed E-state index contributed by atoms with van der Waals surface area (Å²) in [6.45, 7) is 0. The van der Waals surface area contributed by atoms with Crippen molar-refractivity contribution >= 4 is 38.9 Å². The maximum absolute atomic E-state index is 13.0. The van der Waals surface area contributed by atoms with Gasteiger partial charge in [0.05, 0.1) is 16.5 Å². The second-order valence-electron chi connectivity index (χ2n) is 4.08. The van der Waals surface area contributed by atoms with Crippen LogP contribution in [0.1, 0.15) is 5.56 Å². The minimum absolute atomic E-state index is 0.150. The average Bonchev–Trinajstić information content (AvgIpc) is 2.36. The fourth-order valence-electron chi connectivity index (χ4n) is 1.60. The van der Waals surface area contributed by atoms with E-state index in [2.05, 4.69) is 4.72 Å². The first-order valence-electron chi connectivity index (χ1n) is 5.56. The van der Waals surface area contributed by atoms with Crippen molar-refractivity contribution in [2.75, 3.05) is 4.72 Å². The van der Waals surface area contributed by atoms with Gasteiger partial charge < -0.3 is 0 Å². The number of hydrogen-bond donors (Lipinski definition) is 1. The van der Waals surface area contributed by atoms with E-state index in [-0.39, 0.29) is 16.5 Å². The van der Waals surface area contributed by atoms with Gasteiger partial charge >= 0.3 is 0 Å². The van der Waals surface area contributed by atoms with Gasteiger partial charge in [-0.1, -0.05) is 41.4 Å². The van der Waals surface area contributed by atoms with Crippen LogP contribution >= 0.6 is 23.2 Å². The zero-order chi connectivity index (χ0) is 14.8. The molecule has 0 saturated heterocycles. The van der Waals surface area contributed by atoms with Gasteiger partial charge in [0.15, 0.2) is 0 Å². The maximum Gasteiger partial charge on any atom is 0.236 e. The molecule has 0 aromatic heterocycles. The Hall–Kier alpha value is -1.30. The van der Waals surface area contributed by atoms with Crippen molar-refractivity contribution in [3.05, 3.63) is 63.9 Å². The summed E-state index contributed by atoms with van der Waals surface area (Å²) in [7, 11) is -3.66. The molecule has 7 heteroatoms. The molecule has 0 saturated carbocycles. The highest BCUT2D eigenvalue weighted by molar-refractivity contribution is 7.91. The van der Waals surface area contributed by atoms with E-state index in [1.807, 2.05) is 0 Å². The molecule has 3 nitrogen and oxygen atoms in total. The molecule has 2 aromatic rings. The van der Waals surface area contributed by atoms with Gasteiger partial charge in [-0.15, -0.1) is 0 Å². The SMILES string of the molecule is O=S(=O)(Cc1ccccc1Cl)Nc1ccc(F)c(Cl)c1. The van der Waals surface area contributed by atoms with Gasteiger partial charge in [0.1, 0.15) is 5.82 Å². The monoisotopic (exact) mass is 333 g/mol. The summed E-state index contributed by atoms with van der Waals surface area (Å²) in [4.78, 5) is 0. The largest absolute Gasteiger partial charge is 0.283 e. The van der Waals surface area contributed by atoms with E-state index in [1.54, 1.807) is 24.3 Å². The predicted molar refractivity (Wildman–Crippen MR) is 79.1 cm³/mol.